The van der Waals surface area contributed by atoms with Crippen LogP contribution in [0.4, 0.5) is 0 Å². The number of carbonyl (C=O) groups excluding carboxylic acids is 2. The molecule has 0 bridgehead atoms. The molecule has 7 nitrogen and oxygen atoms in total. The fraction of sp³-hybridized carbons (Fsp3) is 0.130. The van der Waals surface area contributed by atoms with E-state index < -0.39 is 5.97 Å². The van der Waals surface area contributed by atoms with Crippen molar-refractivity contribution >= 4 is 45.9 Å². The molecule has 1 amide bonds. The highest BCUT2D eigenvalue weighted by atomic mass is 32.2. The van der Waals surface area contributed by atoms with Crippen molar-refractivity contribution in [3.05, 3.63) is 86.8 Å². The number of esters is 1. The van der Waals surface area contributed by atoms with Gasteiger partial charge in [-0.1, -0.05) is 36.0 Å². The highest BCUT2D eigenvalue weighted by Crippen LogP contribution is 2.22. The van der Waals surface area contributed by atoms with Gasteiger partial charge < -0.3 is 10.1 Å². The molecule has 9 heteroatoms. The van der Waals surface area contributed by atoms with Crippen LogP contribution < -0.4 is 10.9 Å². The summed E-state index contributed by atoms with van der Waals surface area (Å²) in [7, 11) is 1.30. The summed E-state index contributed by atoms with van der Waals surface area (Å²) in [5.74, 6) is -0.587. The zero-order valence-corrected chi connectivity index (χ0v) is 18.7. The number of rotatable bonds is 7. The molecule has 4 aromatic rings. The molecule has 0 saturated carbocycles. The summed E-state index contributed by atoms with van der Waals surface area (Å²) in [6.07, 6.45) is 0. The Hall–Kier alpha value is -3.43. The SMILES string of the molecule is COC(=O)c1ccc2c(=O)n(-c3ccccc3)c(SCC(=O)NCc3cccs3)nc2c1. The van der Waals surface area contributed by atoms with Crippen molar-refractivity contribution in [1.29, 1.82) is 0 Å². The molecule has 0 unspecified atom stereocenters. The van der Waals surface area contributed by atoms with Crippen LogP contribution in [0.5, 0.6) is 0 Å². The van der Waals surface area contributed by atoms with Crippen LogP contribution in [0.15, 0.2) is 76.0 Å². The van der Waals surface area contributed by atoms with Crippen LogP contribution in [-0.2, 0) is 16.1 Å². The third-order valence-corrected chi connectivity index (χ3v) is 6.46. The van der Waals surface area contributed by atoms with Crippen molar-refractivity contribution in [1.82, 2.24) is 14.9 Å². The number of aromatic nitrogens is 2. The number of carbonyl (C=O) groups is 2. The van der Waals surface area contributed by atoms with Gasteiger partial charge in [0, 0.05) is 4.88 Å². The first-order valence-electron chi connectivity index (χ1n) is 9.69. The van der Waals surface area contributed by atoms with Crippen molar-refractivity contribution < 1.29 is 14.3 Å². The van der Waals surface area contributed by atoms with E-state index in [-0.39, 0.29) is 17.2 Å². The van der Waals surface area contributed by atoms with Gasteiger partial charge in [0.1, 0.15) is 0 Å². The first kappa shape index (κ1) is 21.8. The van der Waals surface area contributed by atoms with Gasteiger partial charge >= 0.3 is 5.97 Å². The molecule has 0 spiro atoms. The molecular weight excluding hydrogens is 446 g/mol. The van der Waals surface area contributed by atoms with Crippen molar-refractivity contribution in [2.75, 3.05) is 12.9 Å². The van der Waals surface area contributed by atoms with Crippen LogP contribution in [-0.4, -0.2) is 34.3 Å². The Morgan fingerprint density at radius 1 is 1.12 bits per heavy atom. The maximum atomic E-state index is 13.3. The summed E-state index contributed by atoms with van der Waals surface area (Å²) < 4.78 is 6.25. The number of methoxy groups -OCH3 is 1. The summed E-state index contributed by atoms with van der Waals surface area (Å²) in [6.45, 7) is 0.455. The minimum Gasteiger partial charge on any atom is -0.465 e. The van der Waals surface area contributed by atoms with Crippen LogP contribution in [0.1, 0.15) is 15.2 Å². The Morgan fingerprint density at radius 3 is 2.66 bits per heavy atom. The number of para-hydroxylation sites is 1. The monoisotopic (exact) mass is 465 g/mol. The van der Waals surface area contributed by atoms with Crippen LogP contribution >= 0.6 is 23.1 Å². The largest absolute Gasteiger partial charge is 0.465 e. The Labute approximate surface area is 192 Å². The van der Waals surface area contributed by atoms with Gasteiger partial charge in [-0.3, -0.25) is 14.2 Å². The number of ether oxygens (including phenoxy) is 1. The molecule has 0 atom stereocenters. The lowest BCUT2D eigenvalue weighted by Crippen LogP contribution is -2.26. The van der Waals surface area contributed by atoms with Crippen LogP contribution in [0.3, 0.4) is 0 Å². The van der Waals surface area contributed by atoms with Crippen molar-refractivity contribution in [2.45, 2.75) is 11.7 Å². The summed E-state index contributed by atoms with van der Waals surface area (Å²) in [6, 6.07) is 17.6. The predicted octanol–water partition coefficient (Wildman–Crippen LogP) is 3.64. The fourth-order valence-electron chi connectivity index (χ4n) is 3.09. The van der Waals surface area contributed by atoms with E-state index in [2.05, 4.69) is 10.3 Å². The van der Waals surface area contributed by atoms with Gasteiger partial charge in [-0.15, -0.1) is 11.3 Å². The molecule has 0 saturated heterocycles. The second-order valence-electron chi connectivity index (χ2n) is 6.74. The first-order valence-corrected chi connectivity index (χ1v) is 11.6. The summed E-state index contributed by atoms with van der Waals surface area (Å²) in [5.41, 5.74) is 1.03. The molecule has 0 aliphatic rings. The van der Waals surface area contributed by atoms with Crippen LogP contribution in [0, 0.1) is 0 Å². The Bertz CT molecular complexity index is 1320. The number of amides is 1. The molecule has 0 aliphatic carbocycles. The average molecular weight is 466 g/mol. The van der Waals surface area contributed by atoms with Crippen LogP contribution in [0.25, 0.3) is 16.6 Å². The average Bonchev–Trinajstić information content (AvgIpc) is 3.35. The van der Waals surface area contributed by atoms with Crippen LogP contribution in [0.2, 0.25) is 0 Å². The second kappa shape index (κ2) is 9.80. The molecule has 162 valence electrons. The van der Waals surface area contributed by atoms with E-state index in [4.69, 9.17) is 4.74 Å². The van der Waals surface area contributed by atoms with E-state index in [0.717, 1.165) is 16.6 Å². The van der Waals surface area contributed by atoms with Gasteiger partial charge in [0.15, 0.2) is 5.16 Å². The maximum Gasteiger partial charge on any atom is 0.337 e. The Morgan fingerprint density at radius 2 is 1.94 bits per heavy atom. The van der Waals surface area contributed by atoms with E-state index in [0.29, 0.717) is 33.9 Å². The smallest absolute Gasteiger partial charge is 0.337 e. The van der Waals surface area contributed by atoms with Gasteiger partial charge in [-0.2, -0.15) is 0 Å². The van der Waals surface area contributed by atoms with Crippen molar-refractivity contribution in [3.63, 3.8) is 0 Å². The third-order valence-electron chi connectivity index (χ3n) is 4.65. The molecule has 0 radical (unpaired) electrons. The van der Waals surface area contributed by atoms with Gasteiger partial charge in [-0.05, 0) is 41.8 Å². The maximum absolute atomic E-state index is 13.3. The number of thioether (sulfide) groups is 1. The summed E-state index contributed by atoms with van der Waals surface area (Å²) >= 11 is 2.73. The van der Waals surface area contributed by atoms with Gasteiger partial charge in [-0.25, -0.2) is 9.78 Å². The quantitative estimate of drug-likeness (QED) is 0.255. The number of nitrogens with zero attached hydrogens (tertiary/aromatic N) is 2. The lowest BCUT2D eigenvalue weighted by atomic mass is 10.1. The van der Waals surface area contributed by atoms with E-state index in [9.17, 15) is 14.4 Å². The van der Waals surface area contributed by atoms with Gasteiger partial charge in [0.05, 0.1) is 41.6 Å². The van der Waals surface area contributed by atoms with E-state index in [1.54, 1.807) is 29.5 Å². The normalized spacial score (nSPS) is 10.8. The molecule has 2 heterocycles. The third kappa shape index (κ3) is 4.74. The lowest BCUT2D eigenvalue weighted by molar-refractivity contribution is -0.118. The molecule has 2 aromatic carbocycles. The minimum atomic E-state index is -0.511. The molecular formula is C23H19N3O4S2. The minimum absolute atomic E-state index is 0.0901. The zero-order chi connectivity index (χ0) is 22.5. The molecule has 32 heavy (non-hydrogen) atoms. The number of nitrogens with one attached hydrogen (secondary N) is 1. The topological polar surface area (TPSA) is 90.3 Å². The molecule has 4 rings (SSSR count). The number of fused-ring (bicyclic) bond motifs is 1. The van der Waals surface area contributed by atoms with E-state index in [1.807, 2.05) is 35.7 Å². The summed E-state index contributed by atoms with van der Waals surface area (Å²) in [5, 5.41) is 5.56. The molecule has 1 N–H and O–H groups in total. The van der Waals surface area contributed by atoms with Crippen molar-refractivity contribution in [3.8, 4) is 5.69 Å². The fourth-order valence-corrected chi connectivity index (χ4v) is 4.58. The van der Waals surface area contributed by atoms with Crippen molar-refractivity contribution in [2.24, 2.45) is 0 Å². The number of benzene rings is 2. The first-order chi connectivity index (χ1) is 15.6. The molecule has 0 fully saturated rings. The summed E-state index contributed by atoms with van der Waals surface area (Å²) in [4.78, 5) is 43.3. The standard InChI is InChI=1S/C23H19N3O4S2/c1-30-22(29)15-9-10-18-19(12-15)25-23(26(21(18)28)16-6-3-2-4-7-16)32-14-20(27)24-13-17-8-5-11-31-17/h2-12H,13-14H2,1H3,(H,24,27). The number of hydrogen-bond donors (Lipinski definition) is 1. The van der Waals surface area contributed by atoms with Gasteiger partial charge in [0.2, 0.25) is 5.91 Å². The predicted molar refractivity (Wildman–Crippen MR) is 126 cm³/mol. The van der Waals surface area contributed by atoms with E-state index >= 15 is 0 Å². The number of thiophene rings is 1. The number of hydrogen-bond acceptors (Lipinski definition) is 7. The second-order valence-corrected chi connectivity index (χ2v) is 8.71. The Balaban J connectivity index is 1.68. The highest BCUT2D eigenvalue weighted by Gasteiger charge is 2.16. The van der Waals surface area contributed by atoms with E-state index in [1.165, 1.54) is 23.8 Å². The Kier molecular flexibility index (Phi) is 6.67. The zero-order valence-electron chi connectivity index (χ0n) is 17.1. The molecule has 2 aromatic heterocycles. The van der Waals surface area contributed by atoms with Gasteiger partial charge in [0.25, 0.3) is 5.56 Å². The highest BCUT2D eigenvalue weighted by molar-refractivity contribution is 7.99. The lowest BCUT2D eigenvalue weighted by Gasteiger charge is -2.13. The molecule has 0 aliphatic heterocycles.